The second kappa shape index (κ2) is 6.73. The van der Waals surface area contributed by atoms with Crippen LogP contribution in [0.1, 0.15) is 32.1 Å². The lowest BCUT2D eigenvalue weighted by atomic mass is 9.84. The highest BCUT2D eigenvalue weighted by molar-refractivity contribution is 6.91. The highest BCUT2D eigenvalue weighted by Gasteiger charge is 2.39. The van der Waals surface area contributed by atoms with Gasteiger partial charge in [-0.05, 0) is 18.8 Å². The van der Waals surface area contributed by atoms with Gasteiger partial charge < -0.3 is 5.11 Å². The molecule has 0 bridgehead atoms. The fourth-order valence-electron chi connectivity index (χ4n) is 3.69. The van der Waals surface area contributed by atoms with Crippen molar-refractivity contribution in [2.75, 3.05) is 0 Å². The van der Waals surface area contributed by atoms with Crippen molar-refractivity contribution in [3.05, 3.63) is 43.0 Å². The zero-order valence-corrected chi connectivity index (χ0v) is 13.9. The van der Waals surface area contributed by atoms with Gasteiger partial charge in [0.05, 0.1) is 14.2 Å². The van der Waals surface area contributed by atoms with Crippen molar-refractivity contribution in [2.24, 2.45) is 5.92 Å². The number of aliphatic hydroxyl groups excluding tert-OH is 1. The molecule has 0 aliphatic heterocycles. The fraction of sp³-hybridized carbons (Fsp3) is 0.556. The molecule has 1 saturated carbocycles. The van der Waals surface area contributed by atoms with Crippen LogP contribution in [0.5, 0.6) is 0 Å². The summed E-state index contributed by atoms with van der Waals surface area (Å²) in [6.45, 7) is 8.77. The van der Waals surface area contributed by atoms with Crippen LogP contribution >= 0.6 is 0 Å². The molecule has 0 amide bonds. The van der Waals surface area contributed by atoms with Crippen LogP contribution in [0.2, 0.25) is 18.6 Å². The molecule has 1 fully saturated rings. The predicted octanol–water partition coefficient (Wildman–Crippen LogP) is 4.10. The Kier molecular flexibility index (Phi) is 5.22. The molecule has 0 radical (unpaired) electrons. The third-order valence-electron chi connectivity index (χ3n) is 5.11. The average molecular weight is 289 g/mol. The van der Waals surface area contributed by atoms with Gasteiger partial charge in [0.25, 0.3) is 0 Å². The monoisotopic (exact) mass is 288 g/mol. The van der Waals surface area contributed by atoms with E-state index in [2.05, 4.69) is 50.0 Å². The lowest BCUT2D eigenvalue weighted by Crippen LogP contribution is -2.50. The Morgan fingerprint density at radius 1 is 1.15 bits per heavy atom. The number of aliphatic hydroxyl groups is 1. The Morgan fingerprint density at radius 2 is 1.75 bits per heavy atom. The van der Waals surface area contributed by atoms with Crippen LogP contribution in [-0.4, -0.2) is 19.3 Å². The van der Waals surface area contributed by atoms with Gasteiger partial charge >= 0.3 is 0 Å². The maximum atomic E-state index is 10.9. The summed E-state index contributed by atoms with van der Waals surface area (Å²) >= 11 is 0. The highest BCUT2D eigenvalue weighted by Crippen LogP contribution is 2.36. The minimum Gasteiger partial charge on any atom is -0.393 e. The first-order valence-corrected chi connectivity index (χ1v) is 11.0. The number of benzene rings is 1. The third-order valence-corrected chi connectivity index (χ3v) is 9.17. The predicted molar refractivity (Wildman–Crippen MR) is 90.1 cm³/mol. The van der Waals surface area contributed by atoms with Crippen LogP contribution in [0.25, 0.3) is 0 Å². The molecule has 20 heavy (non-hydrogen) atoms. The van der Waals surface area contributed by atoms with Crippen LogP contribution in [0.15, 0.2) is 43.0 Å². The van der Waals surface area contributed by atoms with E-state index in [-0.39, 0.29) is 11.6 Å². The Bertz CT molecular complexity index is 420. The van der Waals surface area contributed by atoms with E-state index in [4.69, 9.17) is 0 Å². The zero-order valence-electron chi connectivity index (χ0n) is 12.9. The summed E-state index contributed by atoms with van der Waals surface area (Å²) in [5, 5.41) is 12.3. The van der Waals surface area contributed by atoms with Gasteiger partial charge in [-0.3, -0.25) is 0 Å². The van der Waals surface area contributed by atoms with E-state index in [1.54, 1.807) is 0 Å². The summed E-state index contributed by atoms with van der Waals surface area (Å²) in [6, 6.07) is 10.7. The zero-order chi connectivity index (χ0) is 14.6. The first kappa shape index (κ1) is 15.5. The van der Waals surface area contributed by atoms with E-state index < -0.39 is 8.07 Å². The van der Waals surface area contributed by atoms with Crippen molar-refractivity contribution in [3.63, 3.8) is 0 Å². The summed E-state index contributed by atoms with van der Waals surface area (Å²) < 4.78 is 0. The lowest BCUT2D eigenvalue weighted by molar-refractivity contribution is 0.0861. The van der Waals surface area contributed by atoms with Crippen LogP contribution < -0.4 is 5.19 Å². The first-order valence-electron chi connectivity index (χ1n) is 7.93. The molecule has 1 aromatic rings. The smallest absolute Gasteiger partial charge is 0.0901 e. The van der Waals surface area contributed by atoms with Gasteiger partial charge in [0.1, 0.15) is 0 Å². The van der Waals surface area contributed by atoms with E-state index in [9.17, 15) is 5.11 Å². The van der Waals surface area contributed by atoms with E-state index >= 15 is 0 Å². The average Bonchev–Trinajstić information content (AvgIpc) is 2.49. The minimum atomic E-state index is -1.72. The van der Waals surface area contributed by atoms with Gasteiger partial charge in [-0.15, -0.1) is 6.58 Å². The van der Waals surface area contributed by atoms with Crippen molar-refractivity contribution in [3.8, 4) is 0 Å². The molecule has 1 aliphatic rings. The van der Waals surface area contributed by atoms with Crippen LogP contribution in [0.4, 0.5) is 0 Å². The fourth-order valence-corrected chi connectivity index (χ4v) is 6.84. The summed E-state index contributed by atoms with van der Waals surface area (Å²) in [6.07, 6.45) is 8.07. The molecule has 2 rings (SSSR count). The summed E-state index contributed by atoms with van der Waals surface area (Å²) in [5.41, 5.74) is 0.244. The molecule has 0 aromatic heterocycles. The molecule has 1 aliphatic carbocycles. The van der Waals surface area contributed by atoms with Crippen molar-refractivity contribution in [1.82, 2.24) is 0 Å². The third kappa shape index (κ3) is 3.24. The van der Waals surface area contributed by atoms with Crippen molar-refractivity contribution >= 4 is 13.3 Å². The van der Waals surface area contributed by atoms with E-state index in [1.165, 1.54) is 37.3 Å². The van der Waals surface area contributed by atoms with Gasteiger partial charge in [0.2, 0.25) is 0 Å². The normalized spacial score (nSPS) is 20.4. The van der Waals surface area contributed by atoms with Gasteiger partial charge in [-0.2, -0.15) is 0 Å². The summed E-state index contributed by atoms with van der Waals surface area (Å²) in [5.74, 6) is 0.474. The molecule has 0 spiro atoms. The quantitative estimate of drug-likeness (QED) is 0.639. The molecule has 1 N–H and O–H groups in total. The molecule has 1 aromatic carbocycles. The molecule has 0 saturated heterocycles. The molecule has 0 heterocycles. The largest absolute Gasteiger partial charge is 0.393 e. The molecular formula is C18H28OSi. The van der Waals surface area contributed by atoms with Crippen molar-refractivity contribution < 1.29 is 5.11 Å². The Morgan fingerprint density at radius 3 is 2.30 bits per heavy atom. The van der Waals surface area contributed by atoms with Crippen LogP contribution in [0.3, 0.4) is 0 Å². The molecule has 1 nitrogen and oxygen atoms in total. The van der Waals surface area contributed by atoms with Crippen molar-refractivity contribution in [2.45, 2.75) is 56.8 Å². The minimum absolute atomic E-state index is 0.213. The number of hydrogen-bond donors (Lipinski definition) is 1. The van der Waals surface area contributed by atoms with E-state index in [0.29, 0.717) is 5.92 Å². The molecular weight excluding hydrogens is 260 g/mol. The molecule has 0 unspecified atom stereocenters. The maximum Gasteiger partial charge on any atom is 0.0901 e. The second-order valence-electron chi connectivity index (χ2n) is 6.74. The second-order valence-corrected chi connectivity index (χ2v) is 11.4. The molecule has 2 heteroatoms. The topological polar surface area (TPSA) is 20.2 Å². The maximum absolute atomic E-state index is 10.9. The van der Waals surface area contributed by atoms with Crippen molar-refractivity contribution in [1.29, 1.82) is 0 Å². The Labute approximate surface area is 124 Å². The SMILES string of the molecule is C=C[C@H]([C@@H](O)C1CCCCC1)[Si](C)(C)c1ccccc1. The standard InChI is InChI=1S/C18H28OSi/c1-4-17(18(19)15-11-7-5-8-12-15)20(2,3)16-13-9-6-10-14-16/h4,6,9-10,13-15,17-19H,1,5,7-8,11-12H2,2-3H3/t17-,18+/m1/s1. The first-order chi connectivity index (χ1) is 9.57. The highest BCUT2D eigenvalue weighted by atomic mass is 28.3. The Balaban J connectivity index is 2.19. The van der Waals surface area contributed by atoms with Gasteiger partial charge in [0.15, 0.2) is 0 Å². The van der Waals surface area contributed by atoms with E-state index in [1.807, 2.05) is 6.08 Å². The van der Waals surface area contributed by atoms with Crippen LogP contribution in [-0.2, 0) is 0 Å². The van der Waals surface area contributed by atoms with Gasteiger partial charge in [-0.1, -0.05) is 74.0 Å². The summed E-state index contributed by atoms with van der Waals surface area (Å²) in [7, 11) is -1.72. The Hall–Kier alpha value is -0.863. The summed E-state index contributed by atoms with van der Waals surface area (Å²) in [4.78, 5) is 0. The molecule has 2 atom stereocenters. The number of rotatable bonds is 5. The van der Waals surface area contributed by atoms with Gasteiger partial charge in [0, 0.05) is 5.54 Å². The van der Waals surface area contributed by atoms with Crippen LogP contribution in [0, 0.1) is 5.92 Å². The van der Waals surface area contributed by atoms with E-state index in [0.717, 1.165) is 0 Å². The van der Waals surface area contributed by atoms with Gasteiger partial charge in [-0.25, -0.2) is 0 Å². The lowest BCUT2D eigenvalue weighted by Gasteiger charge is -2.39. The number of hydrogen-bond acceptors (Lipinski definition) is 1. The molecule has 110 valence electrons.